The van der Waals surface area contributed by atoms with E-state index >= 15 is 0 Å². The second kappa shape index (κ2) is 8.14. The number of hydrogen-bond donors (Lipinski definition) is 2. The zero-order chi connectivity index (χ0) is 20.1. The number of carbonyl (C=O) groups excluding carboxylic acids is 1. The molecule has 144 valence electrons. The molecule has 0 aromatic heterocycles. The fourth-order valence-corrected chi connectivity index (χ4v) is 3.54. The van der Waals surface area contributed by atoms with E-state index in [1.54, 1.807) is 24.3 Å². The van der Waals surface area contributed by atoms with Gasteiger partial charge in [-0.05, 0) is 67.6 Å². The number of rotatable bonds is 6. The molecule has 0 aliphatic rings. The monoisotopic (exact) mass is 396 g/mol. The maximum atomic E-state index is 12.5. The fraction of sp³-hybridized carbons (Fsp3) is 0.0952. The van der Waals surface area contributed by atoms with Crippen LogP contribution in [0.2, 0.25) is 0 Å². The lowest BCUT2D eigenvalue weighted by Gasteiger charge is -2.10. The lowest BCUT2D eigenvalue weighted by molar-refractivity contribution is 0.0963. The molecule has 0 saturated carbocycles. The highest BCUT2D eigenvalue weighted by Crippen LogP contribution is 2.24. The highest BCUT2D eigenvalue weighted by Gasteiger charge is 2.15. The largest absolute Gasteiger partial charge is 0.457 e. The summed E-state index contributed by atoms with van der Waals surface area (Å²) in [6.45, 7) is 2.00. The third-order valence-electron chi connectivity index (χ3n) is 4.02. The lowest BCUT2D eigenvalue weighted by atomic mass is 10.2. The first kappa shape index (κ1) is 19.4. The van der Waals surface area contributed by atoms with Gasteiger partial charge in [-0.25, -0.2) is 8.42 Å². The van der Waals surface area contributed by atoms with E-state index in [-0.39, 0.29) is 10.8 Å². The number of ether oxygens (including phenoxy) is 1. The Morgan fingerprint density at radius 1 is 0.821 bits per heavy atom. The van der Waals surface area contributed by atoms with E-state index in [4.69, 9.17) is 4.74 Å². The minimum absolute atomic E-state index is 0.0696. The topological polar surface area (TPSA) is 84.5 Å². The summed E-state index contributed by atoms with van der Waals surface area (Å²) in [4.78, 5) is 11.6. The molecule has 0 radical (unpaired) electrons. The molecule has 2 N–H and O–H groups in total. The molecule has 0 saturated heterocycles. The van der Waals surface area contributed by atoms with E-state index in [1.807, 2.05) is 31.2 Å². The van der Waals surface area contributed by atoms with Gasteiger partial charge in [0, 0.05) is 18.3 Å². The molecule has 0 spiro atoms. The van der Waals surface area contributed by atoms with Gasteiger partial charge in [-0.15, -0.1) is 0 Å². The highest BCUT2D eigenvalue weighted by atomic mass is 32.2. The minimum Gasteiger partial charge on any atom is -0.457 e. The number of benzene rings is 3. The highest BCUT2D eigenvalue weighted by molar-refractivity contribution is 7.92. The molecule has 3 aromatic rings. The van der Waals surface area contributed by atoms with Crippen LogP contribution in [0.1, 0.15) is 15.9 Å². The lowest BCUT2D eigenvalue weighted by Crippen LogP contribution is -2.18. The van der Waals surface area contributed by atoms with E-state index in [2.05, 4.69) is 10.0 Å². The fourth-order valence-electron chi connectivity index (χ4n) is 2.48. The molecular weight excluding hydrogens is 376 g/mol. The molecule has 0 bridgehead atoms. The molecule has 0 aliphatic heterocycles. The second-order valence-electron chi connectivity index (χ2n) is 6.15. The van der Waals surface area contributed by atoms with Crippen molar-refractivity contribution in [2.75, 3.05) is 11.8 Å². The summed E-state index contributed by atoms with van der Waals surface area (Å²) >= 11 is 0. The molecule has 0 heterocycles. The predicted molar refractivity (Wildman–Crippen MR) is 108 cm³/mol. The summed E-state index contributed by atoms with van der Waals surface area (Å²) in [6, 6.07) is 20.0. The van der Waals surface area contributed by atoms with Crippen LogP contribution in [0, 0.1) is 6.92 Å². The van der Waals surface area contributed by atoms with Crippen LogP contribution >= 0.6 is 0 Å². The van der Waals surface area contributed by atoms with E-state index in [9.17, 15) is 13.2 Å². The number of nitrogens with one attached hydrogen (secondary N) is 2. The van der Waals surface area contributed by atoms with Crippen LogP contribution in [0.25, 0.3) is 0 Å². The van der Waals surface area contributed by atoms with Crippen LogP contribution < -0.4 is 14.8 Å². The molecular formula is C21H20N2O4S. The quantitative estimate of drug-likeness (QED) is 0.661. The normalized spacial score (nSPS) is 10.9. The third-order valence-corrected chi connectivity index (χ3v) is 5.41. The molecule has 0 atom stereocenters. The smallest absolute Gasteiger partial charge is 0.261 e. The Kier molecular flexibility index (Phi) is 5.65. The summed E-state index contributed by atoms with van der Waals surface area (Å²) in [6.07, 6.45) is 0. The van der Waals surface area contributed by atoms with Crippen molar-refractivity contribution in [1.82, 2.24) is 5.32 Å². The maximum absolute atomic E-state index is 12.5. The molecule has 0 aliphatic carbocycles. The number of carbonyl (C=O) groups is 1. The summed E-state index contributed by atoms with van der Waals surface area (Å²) in [5, 5.41) is 2.49. The zero-order valence-electron chi connectivity index (χ0n) is 15.5. The van der Waals surface area contributed by atoms with Crippen molar-refractivity contribution in [3.05, 3.63) is 83.9 Å². The van der Waals surface area contributed by atoms with Gasteiger partial charge in [0.15, 0.2) is 0 Å². The van der Waals surface area contributed by atoms with Crippen molar-refractivity contribution < 1.29 is 17.9 Å². The van der Waals surface area contributed by atoms with Crippen molar-refractivity contribution in [3.63, 3.8) is 0 Å². The summed E-state index contributed by atoms with van der Waals surface area (Å²) in [7, 11) is -2.25. The molecule has 0 fully saturated rings. The van der Waals surface area contributed by atoms with E-state index in [0.29, 0.717) is 22.7 Å². The second-order valence-corrected chi connectivity index (χ2v) is 7.83. The van der Waals surface area contributed by atoms with Gasteiger partial charge >= 0.3 is 0 Å². The van der Waals surface area contributed by atoms with Gasteiger partial charge in [0.25, 0.3) is 15.9 Å². The van der Waals surface area contributed by atoms with Gasteiger partial charge in [0.1, 0.15) is 11.5 Å². The molecule has 3 rings (SSSR count). The number of amides is 1. The average molecular weight is 396 g/mol. The first-order chi connectivity index (χ1) is 13.4. The van der Waals surface area contributed by atoms with Gasteiger partial charge in [0.2, 0.25) is 0 Å². The van der Waals surface area contributed by atoms with Gasteiger partial charge < -0.3 is 10.1 Å². The number of hydrogen-bond acceptors (Lipinski definition) is 4. The Morgan fingerprint density at radius 2 is 1.36 bits per heavy atom. The number of aryl methyl sites for hydroxylation is 1. The Bertz CT molecular complexity index is 1060. The van der Waals surface area contributed by atoms with Crippen molar-refractivity contribution in [2.24, 2.45) is 0 Å². The van der Waals surface area contributed by atoms with Crippen molar-refractivity contribution in [2.45, 2.75) is 11.8 Å². The van der Waals surface area contributed by atoms with Crippen LogP contribution in [0.4, 0.5) is 5.69 Å². The number of sulfonamides is 1. The van der Waals surface area contributed by atoms with Crippen molar-refractivity contribution in [1.29, 1.82) is 0 Å². The van der Waals surface area contributed by atoms with Gasteiger partial charge in [-0.1, -0.05) is 17.7 Å². The molecule has 3 aromatic carbocycles. The molecule has 0 unspecified atom stereocenters. The standard InChI is InChI=1S/C21H20N2O4S/c1-15-3-9-18(10-4-15)27-19-11-7-17(8-12-19)23-28(25,26)20-13-5-16(6-14-20)21(24)22-2/h3-14,23H,1-2H3,(H,22,24). The van der Waals surface area contributed by atoms with E-state index < -0.39 is 10.0 Å². The molecule has 1 amide bonds. The van der Waals surface area contributed by atoms with Gasteiger partial charge in [0.05, 0.1) is 4.90 Å². The number of anilines is 1. The van der Waals surface area contributed by atoms with E-state index in [0.717, 1.165) is 5.56 Å². The van der Waals surface area contributed by atoms with Crippen LogP contribution in [0.3, 0.4) is 0 Å². The van der Waals surface area contributed by atoms with Crippen LogP contribution in [0.5, 0.6) is 11.5 Å². The van der Waals surface area contributed by atoms with Gasteiger partial charge in [-0.3, -0.25) is 9.52 Å². The van der Waals surface area contributed by atoms with Crippen LogP contribution in [-0.2, 0) is 10.0 Å². The van der Waals surface area contributed by atoms with E-state index in [1.165, 1.54) is 31.3 Å². The van der Waals surface area contributed by atoms with Crippen LogP contribution in [0.15, 0.2) is 77.7 Å². The summed E-state index contributed by atoms with van der Waals surface area (Å²) < 4.78 is 33.3. The third kappa shape index (κ3) is 4.69. The first-order valence-electron chi connectivity index (χ1n) is 8.57. The van der Waals surface area contributed by atoms with Gasteiger partial charge in [-0.2, -0.15) is 0 Å². The van der Waals surface area contributed by atoms with Crippen molar-refractivity contribution >= 4 is 21.6 Å². The Morgan fingerprint density at radius 3 is 1.89 bits per heavy atom. The summed E-state index contributed by atoms with van der Waals surface area (Å²) in [5.74, 6) is 1.03. The SMILES string of the molecule is CNC(=O)c1ccc(S(=O)(=O)Nc2ccc(Oc3ccc(C)cc3)cc2)cc1. The Balaban J connectivity index is 1.70. The van der Waals surface area contributed by atoms with Crippen LogP contribution in [-0.4, -0.2) is 21.4 Å². The minimum atomic E-state index is -3.76. The Hall–Kier alpha value is -3.32. The maximum Gasteiger partial charge on any atom is 0.261 e. The van der Waals surface area contributed by atoms with Crippen molar-refractivity contribution in [3.8, 4) is 11.5 Å². The molecule has 7 heteroatoms. The first-order valence-corrected chi connectivity index (χ1v) is 10.1. The average Bonchev–Trinajstić information content (AvgIpc) is 2.70. The molecule has 6 nitrogen and oxygen atoms in total. The zero-order valence-corrected chi connectivity index (χ0v) is 16.3. The molecule has 28 heavy (non-hydrogen) atoms. The summed E-state index contributed by atoms with van der Waals surface area (Å²) in [5.41, 5.74) is 1.94. The predicted octanol–water partition coefficient (Wildman–Crippen LogP) is 3.95. The Labute approximate surface area is 164 Å².